The van der Waals surface area contributed by atoms with E-state index in [1.54, 1.807) is 11.3 Å². The summed E-state index contributed by atoms with van der Waals surface area (Å²) in [6.45, 7) is 6.85. The highest BCUT2D eigenvalue weighted by molar-refractivity contribution is 7.19. The van der Waals surface area contributed by atoms with Crippen molar-refractivity contribution < 1.29 is 9.53 Å². The van der Waals surface area contributed by atoms with Gasteiger partial charge in [0.15, 0.2) is 0 Å². The van der Waals surface area contributed by atoms with Gasteiger partial charge in [-0.2, -0.15) is 5.10 Å². The second-order valence-corrected chi connectivity index (χ2v) is 8.35. The fourth-order valence-corrected chi connectivity index (χ4v) is 4.45. The van der Waals surface area contributed by atoms with Crippen molar-refractivity contribution in [2.75, 3.05) is 6.61 Å². The van der Waals surface area contributed by atoms with E-state index < -0.39 is 0 Å². The number of rotatable bonds is 7. The van der Waals surface area contributed by atoms with Crippen LogP contribution in [0.25, 0.3) is 15.7 Å². The molecular formula is C22H24N4O3S. The number of thiophene rings is 1. The molecule has 0 aliphatic rings. The van der Waals surface area contributed by atoms with Gasteiger partial charge in [-0.05, 0) is 43.7 Å². The Labute approximate surface area is 177 Å². The Morgan fingerprint density at radius 3 is 2.63 bits per heavy atom. The van der Waals surface area contributed by atoms with Crippen LogP contribution in [-0.4, -0.2) is 26.7 Å². The summed E-state index contributed by atoms with van der Waals surface area (Å²) in [5, 5.41) is 7.33. The molecule has 0 fully saturated rings. The SMILES string of the molecule is CCOc1ccc(CNC(=O)Cn2nc(CC)n3c(cc4sc(C)cc43)c2=O)cc1. The van der Waals surface area contributed by atoms with Crippen molar-refractivity contribution in [2.24, 2.45) is 0 Å². The molecule has 0 atom stereocenters. The van der Waals surface area contributed by atoms with E-state index in [2.05, 4.69) is 16.5 Å². The van der Waals surface area contributed by atoms with E-state index in [4.69, 9.17) is 4.74 Å². The van der Waals surface area contributed by atoms with Crippen LogP contribution in [0.2, 0.25) is 0 Å². The molecule has 4 rings (SSSR count). The summed E-state index contributed by atoms with van der Waals surface area (Å²) in [5.41, 5.74) is 2.26. The molecule has 0 aliphatic carbocycles. The smallest absolute Gasteiger partial charge is 0.291 e. The lowest BCUT2D eigenvalue weighted by Gasteiger charge is -2.11. The van der Waals surface area contributed by atoms with Crippen molar-refractivity contribution in [3.05, 3.63) is 63.0 Å². The Kier molecular flexibility index (Phi) is 5.59. The molecule has 0 unspecified atom stereocenters. The third-order valence-electron chi connectivity index (χ3n) is 4.89. The number of carbonyl (C=O) groups excluding carboxylic acids is 1. The van der Waals surface area contributed by atoms with Crippen molar-refractivity contribution in [2.45, 2.75) is 40.3 Å². The second-order valence-electron chi connectivity index (χ2n) is 7.06. The first-order valence-electron chi connectivity index (χ1n) is 10.00. The van der Waals surface area contributed by atoms with Gasteiger partial charge in [-0.15, -0.1) is 11.3 Å². The van der Waals surface area contributed by atoms with E-state index in [0.29, 0.717) is 25.1 Å². The van der Waals surface area contributed by atoms with E-state index in [1.807, 2.05) is 55.5 Å². The monoisotopic (exact) mass is 424 g/mol. The molecule has 8 heteroatoms. The van der Waals surface area contributed by atoms with E-state index in [0.717, 1.165) is 27.4 Å². The number of ether oxygens (including phenoxy) is 1. The van der Waals surface area contributed by atoms with Crippen molar-refractivity contribution in [3.8, 4) is 5.75 Å². The zero-order valence-electron chi connectivity index (χ0n) is 17.3. The van der Waals surface area contributed by atoms with Gasteiger partial charge in [-0.1, -0.05) is 19.1 Å². The number of fused-ring (bicyclic) bond motifs is 3. The van der Waals surface area contributed by atoms with Gasteiger partial charge >= 0.3 is 0 Å². The average molecular weight is 425 g/mol. The Bertz CT molecular complexity index is 1270. The highest BCUT2D eigenvalue weighted by Crippen LogP contribution is 2.28. The predicted molar refractivity (Wildman–Crippen MR) is 118 cm³/mol. The largest absolute Gasteiger partial charge is 0.494 e. The molecule has 7 nitrogen and oxygen atoms in total. The van der Waals surface area contributed by atoms with Crippen LogP contribution < -0.4 is 15.6 Å². The van der Waals surface area contributed by atoms with Crippen LogP contribution in [0.3, 0.4) is 0 Å². The normalized spacial score (nSPS) is 11.3. The summed E-state index contributed by atoms with van der Waals surface area (Å²) < 4.78 is 9.65. The topological polar surface area (TPSA) is 77.6 Å². The first kappa shape index (κ1) is 20.2. The van der Waals surface area contributed by atoms with Crippen LogP contribution in [0.1, 0.15) is 30.1 Å². The van der Waals surface area contributed by atoms with Gasteiger partial charge < -0.3 is 10.1 Å². The van der Waals surface area contributed by atoms with Crippen LogP contribution in [0.15, 0.2) is 41.2 Å². The summed E-state index contributed by atoms with van der Waals surface area (Å²) in [5.74, 6) is 1.30. The van der Waals surface area contributed by atoms with Crippen LogP contribution >= 0.6 is 11.3 Å². The van der Waals surface area contributed by atoms with E-state index in [9.17, 15) is 9.59 Å². The number of hydrogen-bond acceptors (Lipinski definition) is 5. The number of nitrogens with one attached hydrogen (secondary N) is 1. The van der Waals surface area contributed by atoms with Crippen LogP contribution in [-0.2, 0) is 24.3 Å². The highest BCUT2D eigenvalue weighted by atomic mass is 32.1. The number of aryl methyl sites for hydroxylation is 2. The predicted octanol–water partition coefficient (Wildman–Crippen LogP) is 3.30. The molecule has 4 aromatic rings. The third kappa shape index (κ3) is 3.82. The fraction of sp³-hybridized carbons (Fsp3) is 0.318. The minimum absolute atomic E-state index is 0.114. The molecule has 30 heavy (non-hydrogen) atoms. The van der Waals surface area contributed by atoms with Gasteiger partial charge in [0.05, 0.1) is 16.8 Å². The quantitative estimate of drug-likeness (QED) is 0.494. The van der Waals surface area contributed by atoms with Crippen molar-refractivity contribution in [1.29, 1.82) is 0 Å². The molecule has 1 aromatic carbocycles. The van der Waals surface area contributed by atoms with Crippen LogP contribution in [0.5, 0.6) is 5.75 Å². The molecule has 0 spiro atoms. The minimum Gasteiger partial charge on any atom is -0.494 e. The van der Waals surface area contributed by atoms with Gasteiger partial charge in [0, 0.05) is 17.8 Å². The Morgan fingerprint density at radius 2 is 1.93 bits per heavy atom. The number of nitrogens with zero attached hydrogens (tertiary/aromatic N) is 3. The maximum Gasteiger partial charge on any atom is 0.291 e. The lowest BCUT2D eigenvalue weighted by atomic mass is 10.2. The molecule has 3 aromatic heterocycles. The summed E-state index contributed by atoms with van der Waals surface area (Å²) in [7, 11) is 0. The maximum atomic E-state index is 12.9. The maximum absolute atomic E-state index is 12.9. The molecule has 0 aliphatic heterocycles. The van der Waals surface area contributed by atoms with Crippen LogP contribution in [0.4, 0.5) is 0 Å². The number of amides is 1. The fourth-order valence-electron chi connectivity index (χ4n) is 3.51. The van der Waals surface area contributed by atoms with Gasteiger partial charge in [0.25, 0.3) is 5.56 Å². The number of aromatic nitrogens is 3. The molecule has 156 valence electrons. The molecular weight excluding hydrogens is 400 g/mol. The van der Waals surface area contributed by atoms with Crippen LogP contribution in [0, 0.1) is 6.92 Å². The molecule has 0 saturated heterocycles. The molecule has 0 saturated carbocycles. The minimum atomic E-state index is -0.260. The molecule has 0 radical (unpaired) electrons. The van der Waals surface area contributed by atoms with Crippen molar-refractivity contribution in [3.63, 3.8) is 0 Å². The van der Waals surface area contributed by atoms with Gasteiger partial charge in [-0.25, -0.2) is 4.68 Å². The zero-order chi connectivity index (χ0) is 21.3. The molecule has 3 heterocycles. The lowest BCUT2D eigenvalue weighted by Crippen LogP contribution is -2.35. The standard InChI is InChI=1S/C22H24N4O3S/c1-4-20-24-25(22(28)18-11-19-17(26(18)20)10-14(3)30-19)13-21(27)23-12-15-6-8-16(9-7-15)29-5-2/h6-11H,4-5,12-13H2,1-3H3,(H,23,27). The third-order valence-corrected chi connectivity index (χ3v) is 5.88. The zero-order valence-corrected chi connectivity index (χ0v) is 18.1. The summed E-state index contributed by atoms with van der Waals surface area (Å²) in [4.78, 5) is 26.6. The Morgan fingerprint density at radius 1 is 1.17 bits per heavy atom. The first-order chi connectivity index (χ1) is 14.5. The van der Waals surface area contributed by atoms with Gasteiger partial charge in [-0.3, -0.25) is 14.0 Å². The molecule has 1 amide bonds. The van der Waals surface area contributed by atoms with E-state index in [-0.39, 0.29) is 18.0 Å². The molecule has 0 bridgehead atoms. The van der Waals surface area contributed by atoms with Gasteiger partial charge in [0.2, 0.25) is 5.91 Å². The van der Waals surface area contributed by atoms with Gasteiger partial charge in [0.1, 0.15) is 23.6 Å². The molecule has 1 N–H and O–H groups in total. The van der Waals surface area contributed by atoms with Crippen molar-refractivity contribution >= 4 is 33.0 Å². The van der Waals surface area contributed by atoms with Crippen molar-refractivity contribution in [1.82, 2.24) is 19.5 Å². The average Bonchev–Trinajstić information content (AvgIpc) is 3.26. The Hall–Kier alpha value is -3.13. The number of benzene rings is 1. The summed E-state index contributed by atoms with van der Waals surface area (Å²) >= 11 is 1.65. The number of hydrogen-bond donors (Lipinski definition) is 1. The number of carbonyl (C=O) groups is 1. The van der Waals surface area contributed by atoms with E-state index in [1.165, 1.54) is 9.56 Å². The lowest BCUT2D eigenvalue weighted by molar-refractivity contribution is -0.122. The first-order valence-corrected chi connectivity index (χ1v) is 10.8. The second kappa shape index (κ2) is 8.31. The summed E-state index contributed by atoms with van der Waals surface area (Å²) in [6.07, 6.45) is 0.656. The summed E-state index contributed by atoms with van der Waals surface area (Å²) in [6, 6.07) is 11.5. The van der Waals surface area contributed by atoms with E-state index >= 15 is 0 Å². The Balaban J connectivity index is 1.53. The highest BCUT2D eigenvalue weighted by Gasteiger charge is 2.16.